The highest BCUT2D eigenvalue weighted by Crippen LogP contribution is 2.29. The third-order valence-electron chi connectivity index (χ3n) is 2.44. The molecule has 3 nitrogen and oxygen atoms in total. The van der Waals surface area contributed by atoms with Crippen LogP contribution >= 0.6 is 9.24 Å². The van der Waals surface area contributed by atoms with E-state index in [-0.39, 0.29) is 5.75 Å². The van der Waals surface area contributed by atoms with E-state index in [1.54, 1.807) is 0 Å². The van der Waals surface area contributed by atoms with E-state index in [0.29, 0.717) is 5.16 Å². The van der Waals surface area contributed by atoms with Crippen molar-refractivity contribution in [1.29, 1.82) is 0 Å². The van der Waals surface area contributed by atoms with Gasteiger partial charge in [0.05, 0.1) is 5.75 Å². The third-order valence-corrected chi connectivity index (χ3v) is 4.32. The van der Waals surface area contributed by atoms with E-state index in [1.807, 2.05) is 0 Å². The van der Waals surface area contributed by atoms with E-state index < -0.39 is 10.1 Å². The van der Waals surface area contributed by atoms with Gasteiger partial charge in [-0.05, 0) is 24.4 Å². The molecule has 0 aliphatic rings. The molecule has 1 atom stereocenters. The van der Waals surface area contributed by atoms with Gasteiger partial charge in [-0.3, -0.25) is 4.55 Å². The van der Waals surface area contributed by atoms with Gasteiger partial charge in [-0.25, -0.2) is 0 Å². The molecule has 0 bridgehead atoms. The molecule has 0 aromatic rings. The topological polar surface area (TPSA) is 54.4 Å². The molecule has 0 saturated heterocycles. The van der Waals surface area contributed by atoms with Crippen molar-refractivity contribution in [3.63, 3.8) is 0 Å². The van der Waals surface area contributed by atoms with Gasteiger partial charge in [0, 0.05) is 0 Å². The van der Waals surface area contributed by atoms with Crippen molar-refractivity contribution >= 4 is 19.4 Å². The van der Waals surface area contributed by atoms with Crippen LogP contribution in [0.4, 0.5) is 0 Å². The summed E-state index contributed by atoms with van der Waals surface area (Å²) in [5.41, 5.74) is 0. The summed E-state index contributed by atoms with van der Waals surface area (Å²) < 4.78 is 27.3. The fourth-order valence-electron chi connectivity index (χ4n) is 0.899. The minimum atomic E-state index is -3.79. The van der Waals surface area contributed by atoms with Gasteiger partial charge in [-0.1, -0.05) is 26.8 Å². The lowest BCUT2D eigenvalue weighted by Gasteiger charge is -2.23. The van der Waals surface area contributed by atoms with E-state index >= 15 is 0 Å². The number of rotatable bonds is 5. The first-order valence-corrected chi connectivity index (χ1v) is 7.28. The zero-order valence-corrected chi connectivity index (χ0v) is 11.8. The minimum Gasteiger partial charge on any atom is -0.285 e. The van der Waals surface area contributed by atoms with Crippen LogP contribution in [0, 0.1) is 0 Å². The summed E-state index contributed by atoms with van der Waals surface area (Å²) in [4.78, 5) is 0. The van der Waals surface area contributed by atoms with E-state index in [0.717, 1.165) is 6.08 Å². The Hall–Kier alpha value is 0.0800. The second-order valence-corrected chi connectivity index (χ2v) is 6.18. The highest BCUT2D eigenvalue weighted by molar-refractivity contribution is 7.85. The van der Waals surface area contributed by atoms with Gasteiger partial charge in [0.15, 0.2) is 0 Å². The smallest absolute Gasteiger partial charge is 0.268 e. The van der Waals surface area contributed by atoms with Crippen LogP contribution in [0.2, 0.25) is 0 Å². The van der Waals surface area contributed by atoms with Gasteiger partial charge in [0.2, 0.25) is 0 Å². The zero-order chi connectivity index (χ0) is 12.5. The van der Waals surface area contributed by atoms with Crippen molar-refractivity contribution in [2.75, 3.05) is 5.75 Å². The molecule has 1 N–H and O–H groups in total. The van der Waals surface area contributed by atoms with Crippen LogP contribution in [0.3, 0.4) is 0 Å². The van der Waals surface area contributed by atoms with Crippen LogP contribution < -0.4 is 0 Å². The SMILES string of the molecule is C=CCS(=O)(=O)O.CCC(P)(CC)CC. The lowest BCUT2D eigenvalue weighted by atomic mass is 9.99. The Balaban J connectivity index is 0. The van der Waals surface area contributed by atoms with Gasteiger partial charge in [-0.2, -0.15) is 8.42 Å². The molecule has 0 aliphatic carbocycles. The van der Waals surface area contributed by atoms with Crippen LogP contribution in [0.15, 0.2) is 12.7 Å². The summed E-state index contributed by atoms with van der Waals surface area (Å²) in [6, 6.07) is 0. The van der Waals surface area contributed by atoms with Crippen molar-refractivity contribution in [3.8, 4) is 0 Å². The van der Waals surface area contributed by atoms with E-state index in [9.17, 15) is 8.42 Å². The van der Waals surface area contributed by atoms with Crippen LogP contribution in [0.5, 0.6) is 0 Å². The molecule has 0 spiro atoms. The lowest BCUT2D eigenvalue weighted by Crippen LogP contribution is -2.15. The maximum absolute atomic E-state index is 9.72. The summed E-state index contributed by atoms with van der Waals surface area (Å²) >= 11 is 0. The van der Waals surface area contributed by atoms with E-state index in [4.69, 9.17) is 4.55 Å². The van der Waals surface area contributed by atoms with E-state index in [1.165, 1.54) is 19.3 Å². The first-order chi connectivity index (χ1) is 6.74. The zero-order valence-electron chi connectivity index (χ0n) is 9.86. The summed E-state index contributed by atoms with van der Waals surface area (Å²) in [7, 11) is -0.848. The van der Waals surface area contributed by atoms with Gasteiger partial charge >= 0.3 is 0 Å². The quantitative estimate of drug-likeness (QED) is 0.466. The average Bonchev–Trinajstić information content (AvgIpc) is 2.16. The maximum atomic E-state index is 9.72. The second-order valence-electron chi connectivity index (χ2n) is 3.46. The lowest BCUT2D eigenvalue weighted by molar-refractivity contribution is 0.487. The number of hydrogen-bond acceptors (Lipinski definition) is 2. The molecule has 1 unspecified atom stereocenters. The Morgan fingerprint density at radius 2 is 1.60 bits per heavy atom. The minimum absolute atomic E-state index is 0.368. The molecule has 0 saturated carbocycles. The molecule has 0 rings (SSSR count). The largest absolute Gasteiger partial charge is 0.285 e. The van der Waals surface area contributed by atoms with E-state index in [2.05, 4.69) is 36.6 Å². The van der Waals surface area contributed by atoms with Crippen molar-refractivity contribution < 1.29 is 13.0 Å². The van der Waals surface area contributed by atoms with Gasteiger partial charge in [-0.15, -0.1) is 15.8 Å². The molecular weight excluding hydrogens is 231 g/mol. The van der Waals surface area contributed by atoms with Gasteiger partial charge < -0.3 is 0 Å². The molecule has 0 aromatic carbocycles. The first kappa shape index (κ1) is 17.5. The average molecular weight is 254 g/mol. The van der Waals surface area contributed by atoms with Crippen LogP contribution in [0.25, 0.3) is 0 Å². The van der Waals surface area contributed by atoms with Crippen molar-refractivity contribution in [3.05, 3.63) is 12.7 Å². The highest BCUT2D eigenvalue weighted by Gasteiger charge is 2.15. The molecule has 5 heteroatoms. The second kappa shape index (κ2) is 8.26. The maximum Gasteiger partial charge on any atom is 0.268 e. The molecule has 0 aliphatic heterocycles. The van der Waals surface area contributed by atoms with Crippen molar-refractivity contribution in [2.45, 2.75) is 45.2 Å². The summed E-state index contributed by atoms with van der Waals surface area (Å²) in [6.07, 6.45) is 4.97. The Kier molecular flexibility index (Phi) is 9.62. The molecule has 0 radical (unpaired) electrons. The predicted octanol–water partition coefficient (Wildman–Crippen LogP) is 2.89. The molecule has 0 amide bonds. The van der Waals surface area contributed by atoms with Crippen molar-refractivity contribution in [1.82, 2.24) is 0 Å². The molecule has 0 aromatic heterocycles. The Bertz CT molecular complexity index is 248. The summed E-state index contributed by atoms with van der Waals surface area (Å²) in [5, 5.41) is 0.542. The van der Waals surface area contributed by atoms with Gasteiger partial charge in [0.1, 0.15) is 0 Å². The van der Waals surface area contributed by atoms with Crippen molar-refractivity contribution in [2.24, 2.45) is 0 Å². The third kappa shape index (κ3) is 12.0. The normalized spacial score (nSPS) is 11.5. The molecule has 0 heterocycles. The molecule has 0 fully saturated rings. The molecule has 15 heavy (non-hydrogen) atoms. The van der Waals surface area contributed by atoms with Gasteiger partial charge in [0.25, 0.3) is 10.1 Å². The van der Waals surface area contributed by atoms with Crippen LogP contribution in [-0.2, 0) is 10.1 Å². The first-order valence-electron chi connectivity index (χ1n) is 5.09. The monoisotopic (exact) mass is 254 g/mol. The highest BCUT2D eigenvalue weighted by atomic mass is 32.2. The standard InChI is InChI=1S/C7H17P.C3H6O3S/c1-4-7(8,5-2)6-3;1-2-3-7(4,5)6/h4-6,8H2,1-3H3;2H,1,3H2,(H,4,5,6). The fraction of sp³-hybridized carbons (Fsp3) is 0.800. The Labute approximate surface area is 96.3 Å². The fourth-order valence-corrected chi connectivity index (χ4v) is 1.20. The molecular formula is C10H23O3PS. The summed E-state index contributed by atoms with van der Waals surface area (Å²) in [5.74, 6) is -0.368. The Morgan fingerprint density at radius 1 is 1.27 bits per heavy atom. The predicted molar refractivity (Wildman–Crippen MR) is 69.9 cm³/mol. The Morgan fingerprint density at radius 3 is 1.60 bits per heavy atom. The van der Waals surface area contributed by atoms with Crippen LogP contribution in [0.1, 0.15) is 40.0 Å². The number of hydrogen-bond donors (Lipinski definition) is 1. The van der Waals surface area contributed by atoms with Crippen LogP contribution in [-0.4, -0.2) is 23.9 Å². The summed E-state index contributed by atoms with van der Waals surface area (Å²) in [6.45, 7) is 9.86. The molecule has 92 valence electrons.